The van der Waals surface area contributed by atoms with E-state index in [2.05, 4.69) is 17.0 Å². The Morgan fingerprint density at radius 2 is 1.70 bits per heavy atom. The minimum absolute atomic E-state index is 0.463. The zero-order valence-corrected chi connectivity index (χ0v) is 17.5. The summed E-state index contributed by atoms with van der Waals surface area (Å²) in [6.45, 7) is 5.16. The lowest BCUT2D eigenvalue weighted by Crippen LogP contribution is -2.44. The first-order valence-electron chi connectivity index (χ1n) is 10.1. The monoisotopic (exact) mass is 395 g/mol. The van der Waals surface area contributed by atoms with Crippen LogP contribution < -0.4 is 4.74 Å². The fourth-order valence-electron chi connectivity index (χ4n) is 4.05. The summed E-state index contributed by atoms with van der Waals surface area (Å²) in [5, 5.41) is 0. The molecule has 1 aromatic rings. The second-order valence-corrected chi connectivity index (χ2v) is 9.81. The Hall–Kier alpha value is -1.15. The first-order chi connectivity index (χ1) is 13.0. The molecule has 2 aliphatic rings. The molecule has 2 heterocycles. The van der Waals surface area contributed by atoms with Gasteiger partial charge in [0, 0.05) is 33.2 Å². The van der Waals surface area contributed by atoms with Gasteiger partial charge in [0.25, 0.3) is 10.2 Å². The van der Waals surface area contributed by atoms with E-state index < -0.39 is 10.2 Å². The van der Waals surface area contributed by atoms with Crippen LogP contribution in [0, 0.1) is 5.92 Å². The van der Waals surface area contributed by atoms with Crippen LogP contribution in [0.4, 0.5) is 0 Å². The van der Waals surface area contributed by atoms with Gasteiger partial charge in [0.1, 0.15) is 5.75 Å². The molecule has 2 fully saturated rings. The second kappa shape index (κ2) is 9.37. The number of piperidine rings is 1. The fourth-order valence-corrected chi connectivity index (χ4v) is 5.56. The van der Waals surface area contributed by atoms with Crippen molar-refractivity contribution in [2.24, 2.45) is 5.92 Å². The van der Waals surface area contributed by atoms with Gasteiger partial charge in [-0.1, -0.05) is 12.1 Å². The van der Waals surface area contributed by atoms with Gasteiger partial charge < -0.3 is 9.64 Å². The smallest absolute Gasteiger partial charge is 0.281 e. The van der Waals surface area contributed by atoms with Crippen molar-refractivity contribution in [2.75, 3.05) is 53.4 Å². The Labute approximate surface area is 164 Å². The summed E-state index contributed by atoms with van der Waals surface area (Å²) in [6, 6.07) is 8.28. The quantitative estimate of drug-likeness (QED) is 0.677. The van der Waals surface area contributed by atoms with E-state index >= 15 is 0 Å². The van der Waals surface area contributed by atoms with Gasteiger partial charge in [0.05, 0.1) is 7.11 Å². The lowest BCUT2D eigenvalue weighted by atomic mass is 9.96. The van der Waals surface area contributed by atoms with Crippen LogP contribution in [-0.4, -0.2) is 75.4 Å². The van der Waals surface area contributed by atoms with Crippen LogP contribution in [-0.2, 0) is 16.6 Å². The SMILES string of the molecule is COc1ccc(CCN2CCC(CN(C)S(=O)(=O)N3CCCC3)CC2)cc1. The number of rotatable bonds is 8. The van der Waals surface area contributed by atoms with Crippen LogP contribution in [0.1, 0.15) is 31.2 Å². The predicted octanol–water partition coefficient (Wildman–Crippen LogP) is 2.22. The average Bonchev–Trinajstić information content (AvgIpc) is 3.23. The topological polar surface area (TPSA) is 53.1 Å². The van der Waals surface area contributed by atoms with E-state index in [9.17, 15) is 8.42 Å². The van der Waals surface area contributed by atoms with Crippen molar-refractivity contribution in [2.45, 2.75) is 32.1 Å². The lowest BCUT2D eigenvalue weighted by Gasteiger charge is -2.34. The Morgan fingerprint density at radius 1 is 1.07 bits per heavy atom. The zero-order valence-electron chi connectivity index (χ0n) is 16.6. The van der Waals surface area contributed by atoms with Crippen LogP contribution in [0.15, 0.2) is 24.3 Å². The molecule has 0 aromatic heterocycles. The first kappa shape index (κ1) is 20.6. The van der Waals surface area contributed by atoms with Crippen molar-refractivity contribution < 1.29 is 13.2 Å². The minimum atomic E-state index is -3.26. The van der Waals surface area contributed by atoms with Gasteiger partial charge in [0.15, 0.2) is 0 Å². The number of nitrogens with zero attached hydrogens (tertiary/aromatic N) is 3. The van der Waals surface area contributed by atoms with Gasteiger partial charge in [0.2, 0.25) is 0 Å². The summed E-state index contributed by atoms with van der Waals surface area (Å²) < 4.78 is 33.6. The van der Waals surface area contributed by atoms with Crippen molar-refractivity contribution in [3.63, 3.8) is 0 Å². The summed E-state index contributed by atoms with van der Waals surface area (Å²) in [5.74, 6) is 1.36. The second-order valence-electron chi connectivity index (χ2n) is 7.78. The van der Waals surface area contributed by atoms with Crippen molar-refractivity contribution in [1.82, 2.24) is 13.5 Å². The number of benzene rings is 1. The summed E-state index contributed by atoms with van der Waals surface area (Å²) in [6.07, 6.45) is 5.15. The fraction of sp³-hybridized carbons (Fsp3) is 0.700. The highest BCUT2D eigenvalue weighted by Crippen LogP contribution is 2.22. The van der Waals surface area contributed by atoms with Crippen LogP contribution in [0.2, 0.25) is 0 Å². The number of likely N-dealkylation sites (tertiary alicyclic amines) is 1. The Bertz CT molecular complexity index is 679. The van der Waals surface area contributed by atoms with Crippen molar-refractivity contribution >= 4 is 10.2 Å². The van der Waals surface area contributed by atoms with Gasteiger partial charge >= 0.3 is 0 Å². The largest absolute Gasteiger partial charge is 0.497 e. The predicted molar refractivity (Wildman–Crippen MR) is 108 cm³/mol. The van der Waals surface area contributed by atoms with Gasteiger partial charge in [-0.05, 0) is 68.8 Å². The first-order valence-corrected chi connectivity index (χ1v) is 11.5. The molecule has 7 heteroatoms. The van der Waals surface area contributed by atoms with E-state index in [1.807, 2.05) is 12.1 Å². The average molecular weight is 396 g/mol. The maximum atomic E-state index is 12.6. The molecule has 0 radical (unpaired) electrons. The van der Waals surface area contributed by atoms with E-state index in [0.717, 1.165) is 57.5 Å². The van der Waals surface area contributed by atoms with E-state index in [-0.39, 0.29) is 0 Å². The third-order valence-corrected chi connectivity index (χ3v) is 7.84. The lowest BCUT2D eigenvalue weighted by molar-refractivity contribution is 0.172. The minimum Gasteiger partial charge on any atom is -0.497 e. The molecule has 3 rings (SSSR count). The Balaban J connectivity index is 1.40. The zero-order chi connectivity index (χ0) is 19.3. The molecule has 0 unspecified atom stereocenters. The molecule has 27 heavy (non-hydrogen) atoms. The highest BCUT2D eigenvalue weighted by atomic mass is 32.2. The van der Waals surface area contributed by atoms with Crippen molar-refractivity contribution in [1.29, 1.82) is 0 Å². The van der Waals surface area contributed by atoms with Gasteiger partial charge in [-0.25, -0.2) is 0 Å². The molecule has 0 N–H and O–H groups in total. The Morgan fingerprint density at radius 3 is 2.30 bits per heavy atom. The molecular formula is C20H33N3O3S. The maximum Gasteiger partial charge on any atom is 0.281 e. The van der Waals surface area contributed by atoms with E-state index in [4.69, 9.17) is 4.74 Å². The molecule has 2 aliphatic heterocycles. The summed E-state index contributed by atoms with van der Waals surface area (Å²) >= 11 is 0. The summed E-state index contributed by atoms with van der Waals surface area (Å²) in [7, 11) is 0.166. The van der Waals surface area contributed by atoms with Gasteiger partial charge in [-0.3, -0.25) is 0 Å². The number of hydrogen-bond donors (Lipinski definition) is 0. The molecule has 0 aliphatic carbocycles. The molecule has 0 bridgehead atoms. The number of hydrogen-bond acceptors (Lipinski definition) is 4. The highest BCUT2D eigenvalue weighted by Gasteiger charge is 2.31. The molecule has 2 saturated heterocycles. The van der Waals surface area contributed by atoms with E-state index in [0.29, 0.717) is 25.6 Å². The normalized spacial score (nSPS) is 20.4. The molecule has 1 aromatic carbocycles. The number of ether oxygens (including phenoxy) is 1. The highest BCUT2D eigenvalue weighted by molar-refractivity contribution is 7.86. The molecule has 0 spiro atoms. The van der Waals surface area contributed by atoms with E-state index in [1.165, 1.54) is 5.56 Å². The molecular weight excluding hydrogens is 362 g/mol. The third kappa shape index (κ3) is 5.44. The molecule has 6 nitrogen and oxygen atoms in total. The van der Waals surface area contributed by atoms with E-state index in [1.54, 1.807) is 22.8 Å². The van der Waals surface area contributed by atoms with Gasteiger partial charge in [-0.2, -0.15) is 17.0 Å². The molecule has 152 valence electrons. The maximum absolute atomic E-state index is 12.6. The van der Waals surface area contributed by atoms with Crippen LogP contribution >= 0.6 is 0 Å². The van der Waals surface area contributed by atoms with Crippen LogP contribution in [0.5, 0.6) is 5.75 Å². The summed E-state index contributed by atoms with van der Waals surface area (Å²) in [5.41, 5.74) is 1.33. The molecule has 0 amide bonds. The van der Waals surface area contributed by atoms with Crippen LogP contribution in [0.25, 0.3) is 0 Å². The third-order valence-electron chi connectivity index (χ3n) is 5.88. The summed E-state index contributed by atoms with van der Waals surface area (Å²) in [4.78, 5) is 2.50. The van der Waals surface area contributed by atoms with Crippen LogP contribution in [0.3, 0.4) is 0 Å². The van der Waals surface area contributed by atoms with Gasteiger partial charge in [-0.15, -0.1) is 0 Å². The number of methoxy groups -OCH3 is 1. The standard InChI is InChI=1S/C20H33N3O3S/c1-21(27(24,25)23-12-3-4-13-23)17-19-10-15-22(16-11-19)14-9-18-5-7-20(26-2)8-6-18/h5-8,19H,3-4,9-17H2,1-2H3. The Kier molecular flexibility index (Phi) is 7.14. The molecule has 0 atom stereocenters. The van der Waals surface area contributed by atoms with Crippen molar-refractivity contribution in [3.05, 3.63) is 29.8 Å². The van der Waals surface area contributed by atoms with Crippen molar-refractivity contribution in [3.8, 4) is 5.75 Å². The molecule has 0 saturated carbocycles.